The molecule has 0 amide bonds. The molecule has 1 N–H and O–H groups in total. The number of nitrogens with zero attached hydrogens (tertiary/aromatic N) is 1. The molecule has 1 aromatic rings. The van der Waals surface area contributed by atoms with Gasteiger partial charge >= 0.3 is 0 Å². The molecule has 1 fully saturated rings. The van der Waals surface area contributed by atoms with Crippen molar-refractivity contribution in [3.8, 4) is 5.75 Å². The Morgan fingerprint density at radius 2 is 2.15 bits per heavy atom. The van der Waals surface area contributed by atoms with Gasteiger partial charge in [-0.25, -0.2) is 0 Å². The Morgan fingerprint density at radius 3 is 2.95 bits per heavy atom. The van der Waals surface area contributed by atoms with Crippen LogP contribution in [0.3, 0.4) is 0 Å². The van der Waals surface area contributed by atoms with Gasteiger partial charge < -0.3 is 10.1 Å². The predicted molar refractivity (Wildman–Crippen MR) is 85.3 cm³/mol. The number of benzene rings is 1. The molecule has 3 nitrogen and oxygen atoms in total. The molecule has 2 heterocycles. The van der Waals surface area contributed by atoms with Gasteiger partial charge in [0.2, 0.25) is 0 Å². The number of rotatable bonds is 5. The minimum absolute atomic E-state index is 0.624. The van der Waals surface area contributed by atoms with Gasteiger partial charge in [0.15, 0.2) is 0 Å². The second kappa shape index (κ2) is 6.46. The molecule has 1 aromatic carbocycles. The smallest absolute Gasteiger partial charge is 0.127 e. The Morgan fingerprint density at radius 1 is 1.35 bits per heavy atom. The van der Waals surface area contributed by atoms with Crippen molar-refractivity contribution in [3.05, 3.63) is 27.7 Å². The highest BCUT2D eigenvalue weighted by Gasteiger charge is 2.19. The third-order valence-corrected chi connectivity index (χ3v) is 4.80. The minimum atomic E-state index is 0.624. The molecule has 0 bridgehead atoms. The molecule has 0 saturated carbocycles. The number of hydrogen-bond acceptors (Lipinski definition) is 3. The zero-order valence-electron chi connectivity index (χ0n) is 12.1. The molecular formula is C16H23BrN2O. The first-order valence-electron chi connectivity index (χ1n) is 7.63. The summed E-state index contributed by atoms with van der Waals surface area (Å²) in [5.74, 6) is 1.11. The van der Waals surface area contributed by atoms with E-state index >= 15 is 0 Å². The van der Waals surface area contributed by atoms with Gasteiger partial charge in [0.1, 0.15) is 5.75 Å². The summed E-state index contributed by atoms with van der Waals surface area (Å²) >= 11 is 3.60. The molecule has 0 aliphatic carbocycles. The molecule has 0 radical (unpaired) electrons. The highest BCUT2D eigenvalue weighted by Crippen LogP contribution is 2.32. The molecule has 1 saturated heterocycles. The SMILES string of the molecule is CC(CNCc1cc(Br)cc2c1OCC2)N1CCCC1. The summed E-state index contributed by atoms with van der Waals surface area (Å²) in [7, 11) is 0. The molecular weight excluding hydrogens is 316 g/mol. The van der Waals surface area contributed by atoms with Crippen molar-refractivity contribution in [2.45, 2.75) is 38.8 Å². The van der Waals surface area contributed by atoms with Crippen LogP contribution in [0.2, 0.25) is 0 Å². The highest BCUT2D eigenvalue weighted by atomic mass is 79.9. The molecule has 4 heteroatoms. The number of nitrogens with one attached hydrogen (secondary N) is 1. The Hall–Kier alpha value is -0.580. The summed E-state index contributed by atoms with van der Waals surface area (Å²) < 4.78 is 6.93. The maximum atomic E-state index is 5.77. The number of likely N-dealkylation sites (tertiary alicyclic amines) is 1. The van der Waals surface area contributed by atoms with Crippen molar-refractivity contribution in [3.63, 3.8) is 0 Å². The third-order valence-electron chi connectivity index (χ3n) is 4.34. The fourth-order valence-electron chi connectivity index (χ4n) is 3.20. The van der Waals surface area contributed by atoms with Crippen molar-refractivity contribution in [2.75, 3.05) is 26.2 Å². The van der Waals surface area contributed by atoms with Crippen molar-refractivity contribution in [2.24, 2.45) is 0 Å². The van der Waals surface area contributed by atoms with Crippen molar-refractivity contribution >= 4 is 15.9 Å². The molecule has 2 aliphatic heterocycles. The van der Waals surface area contributed by atoms with Gasteiger partial charge in [-0.1, -0.05) is 15.9 Å². The van der Waals surface area contributed by atoms with Gasteiger partial charge in [-0.15, -0.1) is 0 Å². The monoisotopic (exact) mass is 338 g/mol. The van der Waals surface area contributed by atoms with Crippen molar-refractivity contribution < 1.29 is 4.74 Å². The van der Waals surface area contributed by atoms with Crippen LogP contribution in [-0.4, -0.2) is 37.2 Å². The zero-order chi connectivity index (χ0) is 13.9. The Balaban J connectivity index is 1.56. The van der Waals surface area contributed by atoms with E-state index in [1.807, 2.05) is 0 Å². The maximum absolute atomic E-state index is 5.77. The molecule has 0 aromatic heterocycles. The largest absolute Gasteiger partial charge is 0.493 e. The predicted octanol–water partition coefficient (Wildman–Crippen LogP) is 2.96. The van der Waals surface area contributed by atoms with E-state index in [0.29, 0.717) is 6.04 Å². The number of halogens is 1. The quantitative estimate of drug-likeness (QED) is 0.893. The van der Waals surface area contributed by atoms with Crippen LogP contribution in [0.4, 0.5) is 0 Å². The molecule has 1 atom stereocenters. The van der Waals surface area contributed by atoms with Gasteiger partial charge in [-0.05, 0) is 50.6 Å². The van der Waals surface area contributed by atoms with Crippen LogP contribution in [0.25, 0.3) is 0 Å². The second-order valence-electron chi connectivity index (χ2n) is 5.87. The van der Waals surface area contributed by atoms with E-state index in [9.17, 15) is 0 Å². The van der Waals surface area contributed by atoms with Crippen LogP contribution in [-0.2, 0) is 13.0 Å². The number of hydrogen-bond donors (Lipinski definition) is 1. The summed E-state index contributed by atoms with van der Waals surface area (Å²) in [4.78, 5) is 2.58. The lowest BCUT2D eigenvalue weighted by molar-refractivity contribution is 0.251. The fraction of sp³-hybridized carbons (Fsp3) is 0.625. The van der Waals surface area contributed by atoms with Gasteiger partial charge in [0.05, 0.1) is 6.61 Å². The molecule has 1 unspecified atom stereocenters. The number of fused-ring (bicyclic) bond motifs is 1. The topological polar surface area (TPSA) is 24.5 Å². The van der Waals surface area contributed by atoms with E-state index in [4.69, 9.17) is 4.74 Å². The summed E-state index contributed by atoms with van der Waals surface area (Å²) in [6, 6.07) is 4.98. The average Bonchev–Trinajstić information content (AvgIpc) is 3.09. The Kier molecular flexibility index (Phi) is 4.64. The van der Waals surface area contributed by atoms with Gasteiger partial charge in [0, 0.05) is 35.6 Å². The molecule has 2 aliphatic rings. The highest BCUT2D eigenvalue weighted by molar-refractivity contribution is 9.10. The van der Waals surface area contributed by atoms with Crippen LogP contribution >= 0.6 is 15.9 Å². The fourth-order valence-corrected chi connectivity index (χ4v) is 3.76. The molecule has 110 valence electrons. The second-order valence-corrected chi connectivity index (χ2v) is 6.79. The summed E-state index contributed by atoms with van der Waals surface area (Å²) in [5, 5.41) is 3.59. The minimum Gasteiger partial charge on any atom is -0.493 e. The Labute approximate surface area is 129 Å². The molecule has 0 spiro atoms. The molecule has 20 heavy (non-hydrogen) atoms. The first-order valence-corrected chi connectivity index (χ1v) is 8.42. The van der Waals surface area contributed by atoms with Gasteiger partial charge in [0.25, 0.3) is 0 Å². The first kappa shape index (κ1) is 14.4. The van der Waals surface area contributed by atoms with E-state index < -0.39 is 0 Å². The first-order chi connectivity index (χ1) is 9.74. The van der Waals surface area contributed by atoms with Crippen LogP contribution < -0.4 is 10.1 Å². The standard InChI is InChI=1S/C16H23BrN2O/c1-12(19-5-2-3-6-19)10-18-11-14-9-15(17)8-13-4-7-20-16(13)14/h8-9,12,18H,2-7,10-11H2,1H3. The van der Waals surface area contributed by atoms with Gasteiger partial charge in [-0.2, -0.15) is 0 Å². The number of ether oxygens (including phenoxy) is 1. The van der Waals surface area contributed by atoms with Crippen LogP contribution in [0.5, 0.6) is 5.75 Å². The maximum Gasteiger partial charge on any atom is 0.127 e. The van der Waals surface area contributed by atoms with E-state index in [0.717, 1.165) is 36.3 Å². The summed E-state index contributed by atoms with van der Waals surface area (Å²) in [6.45, 7) is 7.60. The average molecular weight is 339 g/mol. The van der Waals surface area contributed by atoms with E-state index in [1.165, 1.54) is 37.1 Å². The summed E-state index contributed by atoms with van der Waals surface area (Å²) in [5.41, 5.74) is 2.62. The van der Waals surface area contributed by atoms with E-state index in [2.05, 4.69) is 45.2 Å². The zero-order valence-corrected chi connectivity index (χ0v) is 13.7. The Bertz CT molecular complexity index is 472. The van der Waals surface area contributed by atoms with Crippen LogP contribution in [0.1, 0.15) is 30.9 Å². The van der Waals surface area contributed by atoms with Crippen LogP contribution in [0, 0.1) is 0 Å². The van der Waals surface area contributed by atoms with E-state index in [-0.39, 0.29) is 0 Å². The third kappa shape index (κ3) is 3.18. The van der Waals surface area contributed by atoms with Crippen molar-refractivity contribution in [1.29, 1.82) is 0 Å². The molecule has 3 rings (SSSR count). The van der Waals surface area contributed by atoms with Crippen LogP contribution in [0.15, 0.2) is 16.6 Å². The lowest BCUT2D eigenvalue weighted by Gasteiger charge is -2.24. The van der Waals surface area contributed by atoms with Crippen molar-refractivity contribution in [1.82, 2.24) is 10.2 Å². The lowest BCUT2D eigenvalue weighted by atomic mass is 10.1. The van der Waals surface area contributed by atoms with Gasteiger partial charge in [-0.3, -0.25) is 4.90 Å². The summed E-state index contributed by atoms with van der Waals surface area (Å²) in [6.07, 6.45) is 3.75. The normalized spacial score (nSPS) is 19.9. The van der Waals surface area contributed by atoms with E-state index in [1.54, 1.807) is 0 Å². The lowest BCUT2D eigenvalue weighted by Crippen LogP contribution is -2.38.